The largest absolute Gasteiger partial charge is 0.494 e. The zero-order valence-electron chi connectivity index (χ0n) is 16.0. The van der Waals surface area contributed by atoms with Gasteiger partial charge in [-0.15, -0.1) is 0 Å². The molecule has 2 aliphatic rings. The second kappa shape index (κ2) is 9.60. The van der Waals surface area contributed by atoms with Gasteiger partial charge in [-0.3, -0.25) is 9.80 Å². The van der Waals surface area contributed by atoms with Crippen LogP contribution in [0.3, 0.4) is 0 Å². The predicted octanol–water partition coefficient (Wildman–Crippen LogP) is 2.90. The van der Waals surface area contributed by atoms with Crippen LogP contribution in [0.1, 0.15) is 63.4 Å². The van der Waals surface area contributed by atoms with Crippen LogP contribution < -0.4 is 21.7 Å². The molecule has 1 aliphatic carbocycles. The molecule has 1 fully saturated rings. The van der Waals surface area contributed by atoms with E-state index in [1.165, 1.54) is 19.3 Å². The first-order valence-electron chi connectivity index (χ1n) is 10.0. The molecule has 1 saturated carbocycles. The van der Waals surface area contributed by atoms with Crippen LogP contribution in [0.15, 0.2) is 23.3 Å². The molecule has 27 heavy (non-hydrogen) atoms. The molecule has 5 N–H and O–H groups in total. The quantitative estimate of drug-likeness (QED) is 0.224. The number of ether oxygens (including phenoxy) is 1. The van der Waals surface area contributed by atoms with Crippen molar-refractivity contribution in [1.29, 1.82) is 0 Å². The molecule has 1 heterocycles. The van der Waals surface area contributed by atoms with E-state index >= 15 is 0 Å². The number of nitrogens with one attached hydrogen (secondary N) is 1. The number of amides is 1. The molecule has 0 unspecified atom stereocenters. The standard InChI is InChI=1S/C20H31N5O2/c21-24-19(25(22)16-6-2-1-3-7-16)8-4-5-13-27-17-10-11-18-15(14-17)9-12-20(26)23-18/h10-11,14,16H,1-9,12-13,21-22H2,(H,23,26)/b24-19-. The predicted molar refractivity (Wildman–Crippen MR) is 107 cm³/mol. The lowest BCUT2D eigenvalue weighted by atomic mass is 9.95. The highest BCUT2D eigenvalue weighted by molar-refractivity contribution is 5.94. The number of nitrogens with zero attached hydrogens (tertiary/aromatic N) is 2. The number of fused-ring (bicyclic) bond motifs is 1. The summed E-state index contributed by atoms with van der Waals surface area (Å²) < 4.78 is 5.86. The van der Waals surface area contributed by atoms with Crippen LogP contribution in [-0.4, -0.2) is 29.4 Å². The molecular formula is C20H31N5O2. The van der Waals surface area contributed by atoms with Crippen LogP contribution in [-0.2, 0) is 11.2 Å². The number of hydrazone groups is 1. The fourth-order valence-corrected chi connectivity index (χ4v) is 3.86. The summed E-state index contributed by atoms with van der Waals surface area (Å²) in [7, 11) is 0. The van der Waals surface area contributed by atoms with Crippen LogP contribution >= 0.6 is 0 Å². The maximum Gasteiger partial charge on any atom is 0.224 e. The van der Waals surface area contributed by atoms with Gasteiger partial charge < -0.3 is 15.9 Å². The van der Waals surface area contributed by atoms with Crippen molar-refractivity contribution in [1.82, 2.24) is 5.01 Å². The van der Waals surface area contributed by atoms with E-state index < -0.39 is 0 Å². The molecular weight excluding hydrogens is 342 g/mol. The summed E-state index contributed by atoms with van der Waals surface area (Å²) >= 11 is 0. The molecule has 0 spiro atoms. The molecule has 1 aliphatic heterocycles. The molecule has 148 valence electrons. The number of nitrogens with two attached hydrogens (primary N) is 2. The van der Waals surface area contributed by atoms with Crippen molar-refractivity contribution in [3.05, 3.63) is 23.8 Å². The van der Waals surface area contributed by atoms with Crippen LogP contribution in [0.2, 0.25) is 0 Å². The Kier molecular flexibility index (Phi) is 6.92. The van der Waals surface area contributed by atoms with Gasteiger partial charge in [0.1, 0.15) is 11.6 Å². The number of anilines is 1. The normalized spacial score (nSPS) is 18.0. The first-order valence-corrected chi connectivity index (χ1v) is 10.0. The number of carbonyl (C=O) groups is 1. The van der Waals surface area contributed by atoms with E-state index in [1.807, 2.05) is 18.2 Å². The molecule has 1 aromatic carbocycles. The molecule has 1 aromatic rings. The van der Waals surface area contributed by atoms with Crippen molar-refractivity contribution < 1.29 is 9.53 Å². The summed E-state index contributed by atoms with van der Waals surface area (Å²) in [6, 6.07) is 6.21. The van der Waals surface area contributed by atoms with Gasteiger partial charge in [0.2, 0.25) is 5.91 Å². The van der Waals surface area contributed by atoms with Crippen molar-refractivity contribution in [3.8, 4) is 5.75 Å². The number of hydrazine groups is 1. The fourth-order valence-electron chi connectivity index (χ4n) is 3.86. The second-order valence-electron chi connectivity index (χ2n) is 7.42. The third kappa shape index (κ3) is 5.35. The molecule has 1 amide bonds. The van der Waals surface area contributed by atoms with Gasteiger partial charge in [-0.2, -0.15) is 5.10 Å². The van der Waals surface area contributed by atoms with Gasteiger partial charge in [0.25, 0.3) is 0 Å². The minimum atomic E-state index is 0.0794. The number of carbonyl (C=O) groups excluding carboxylic acids is 1. The Balaban J connectivity index is 1.39. The van der Waals surface area contributed by atoms with E-state index in [1.54, 1.807) is 5.01 Å². The second-order valence-corrected chi connectivity index (χ2v) is 7.42. The Labute approximate surface area is 161 Å². The average Bonchev–Trinajstić information content (AvgIpc) is 2.71. The molecule has 0 aromatic heterocycles. The Hall–Kier alpha value is -2.28. The maximum atomic E-state index is 11.4. The number of rotatable bonds is 7. The lowest BCUT2D eigenvalue weighted by Crippen LogP contribution is -2.46. The van der Waals surface area contributed by atoms with E-state index in [2.05, 4.69) is 10.4 Å². The Morgan fingerprint density at radius 1 is 1.22 bits per heavy atom. The average molecular weight is 374 g/mol. The number of unbranched alkanes of at least 4 members (excludes halogenated alkanes) is 1. The lowest BCUT2D eigenvalue weighted by molar-refractivity contribution is -0.116. The highest BCUT2D eigenvalue weighted by Crippen LogP contribution is 2.27. The number of aryl methyl sites for hydroxylation is 1. The summed E-state index contributed by atoms with van der Waals surface area (Å²) in [5.41, 5.74) is 2.03. The minimum Gasteiger partial charge on any atom is -0.494 e. The third-order valence-corrected chi connectivity index (χ3v) is 5.45. The summed E-state index contributed by atoms with van der Waals surface area (Å²) in [5, 5.41) is 8.59. The molecule has 7 heteroatoms. The van der Waals surface area contributed by atoms with E-state index in [9.17, 15) is 4.79 Å². The molecule has 0 atom stereocenters. The topological polar surface area (TPSA) is 106 Å². The Bertz CT molecular complexity index is 670. The zero-order chi connectivity index (χ0) is 19.1. The van der Waals surface area contributed by atoms with Gasteiger partial charge in [-0.25, -0.2) is 5.84 Å². The maximum absolute atomic E-state index is 11.4. The molecule has 0 radical (unpaired) electrons. The van der Waals surface area contributed by atoms with Crippen molar-refractivity contribution in [2.75, 3.05) is 11.9 Å². The molecule has 0 bridgehead atoms. The lowest BCUT2D eigenvalue weighted by Gasteiger charge is -2.32. The summed E-state index contributed by atoms with van der Waals surface area (Å²) in [6.07, 6.45) is 9.91. The van der Waals surface area contributed by atoms with E-state index in [-0.39, 0.29) is 5.91 Å². The van der Waals surface area contributed by atoms with Gasteiger partial charge in [-0.05, 0) is 55.9 Å². The van der Waals surface area contributed by atoms with Crippen molar-refractivity contribution in [3.63, 3.8) is 0 Å². The van der Waals surface area contributed by atoms with Crippen LogP contribution in [0, 0.1) is 0 Å². The number of hydrogen-bond donors (Lipinski definition) is 3. The first kappa shape index (κ1) is 19.5. The van der Waals surface area contributed by atoms with E-state index in [0.717, 1.165) is 61.4 Å². The highest BCUT2D eigenvalue weighted by atomic mass is 16.5. The van der Waals surface area contributed by atoms with Crippen molar-refractivity contribution in [2.24, 2.45) is 16.8 Å². The monoisotopic (exact) mass is 373 g/mol. The van der Waals surface area contributed by atoms with Gasteiger partial charge in [0.15, 0.2) is 0 Å². The summed E-state index contributed by atoms with van der Waals surface area (Å²) in [4.78, 5) is 11.4. The summed E-state index contributed by atoms with van der Waals surface area (Å²) in [6.45, 7) is 0.636. The molecule has 3 rings (SSSR count). The van der Waals surface area contributed by atoms with E-state index in [0.29, 0.717) is 19.1 Å². The van der Waals surface area contributed by atoms with Gasteiger partial charge in [0.05, 0.1) is 6.61 Å². The molecule has 0 saturated heterocycles. The minimum absolute atomic E-state index is 0.0794. The zero-order valence-corrected chi connectivity index (χ0v) is 16.0. The van der Waals surface area contributed by atoms with Crippen molar-refractivity contribution >= 4 is 17.4 Å². The van der Waals surface area contributed by atoms with Gasteiger partial charge >= 0.3 is 0 Å². The van der Waals surface area contributed by atoms with E-state index in [4.69, 9.17) is 16.4 Å². The summed E-state index contributed by atoms with van der Waals surface area (Å²) in [5.74, 6) is 13.5. The van der Waals surface area contributed by atoms with Crippen molar-refractivity contribution in [2.45, 2.75) is 70.3 Å². The van der Waals surface area contributed by atoms with Gasteiger partial charge in [-0.1, -0.05) is 19.3 Å². The fraction of sp³-hybridized carbons (Fsp3) is 0.600. The Morgan fingerprint density at radius 2 is 2.04 bits per heavy atom. The molecule has 7 nitrogen and oxygen atoms in total. The van der Waals surface area contributed by atoms with Crippen LogP contribution in [0.4, 0.5) is 5.69 Å². The highest BCUT2D eigenvalue weighted by Gasteiger charge is 2.21. The van der Waals surface area contributed by atoms with Crippen LogP contribution in [0.5, 0.6) is 5.75 Å². The Morgan fingerprint density at radius 3 is 2.81 bits per heavy atom. The third-order valence-electron chi connectivity index (χ3n) is 5.45. The van der Waals surface area contributed by atoms with Crippen LogP contribution in [0.25, 0.3) is 0 Å². The number of amidine groups is 1. The number of benzene rings is 1. The first-order chi connectivity index (χ1) is 13.2. The van der Waals surface area contributed by atoms with Gasteiger partial charge in [0, 0.05) is 24.6 Å². The smallest absolute Gasteiger partial charge is 0.224 e. The number of hydrogen-bond acceptors (Lipinski definition) is 5. The SMILES string of the molecule is N/N=C(/CCCCOc1ccc2c(c1)CCC(=O)N2)N(N)C1CCCCC1.